The fraction of sp³-hybridized carbons (Fsp3) is 0. The van der Waals surface area contributed by atoms with Gasteiger partial charge in [-0.1, -0.05) is 54.6 Å². The highest BCUT2D eigenvalue weighted by Gasteiger charge is 2.31. The molecule has 0 atom stereocenters. The molecule has 0 aliphatic rings. The molecule has 6 aromatic rings. The van der Waals surface area contributed by atoms with Gasteiger partial charge >= 0.3 is 7.12 Å². The van der Waals surface area contributed by atoms with Gasteiger partial charge in [-0.25, -0.2) is 0 Å². The van der Waals surface area contributed by atoms with Crippen LogP contribution in [-0.2, 0) is 0 Å². The van der Waals surface area contributed by atoms with Crippen LogP contribution in [0.4, 0.5) is 0 Å². The van der Waals surface area contributed by atoms with Crippen LogP contribution < -0.4 is 0 Å². The van der Waals surface area contributed by atoms with Crippen molar-refractivity contribution in [2.24, 2.45) is 0 Å². The van der Waals surface area contributed by atoms with E-state index in [1.54, 1.807) is 0 Å². The summed E-state index contributed by atoms with van der Waals surface area (Å²) in [6.07, 6.45) is 5.67. The van der Waals surface area contributed by atoms with Crippen LogP contribution in [-0.4, -0.2) is 36.2 Å². The Labute approximate surface area is 160 Å². The van der Waals surface area contributed by atoms with Crippen molar-refractivity contribution in [3.8, 4) is 0 Å². The average Bonchev–Trinajstić information content (AvgIpc) is 3.47. The maximum absolute atomic E-state index is 4.72. The molecule has 3 aromatic carbocycles. The first-order valence-corrected chi connectivity index (χ1v) is 9.17. The van der Waals surface area contributed by atoms with E-state index < -0.39 is 0 Å². The number of benzene rings is 3. The van der Waals surface area contributed by atoms with Crippen molar-refractivity contribution >= 4 is 39.8 Å². The first-order chi connectivity index (χ1) is 13.9. The molecule has 7 heteroatoms. The van der Waals surface area contributed by atoms with E-state index in [1.165, 1.54) is 0 Å². The minimum absolute atomic E-state index is 0.361. The van der Waals surface area contributed by atoms with Gasteiger partial charge < -0.3 is 0 Å². The van der Waals surface area contributed by atoms with Crippen LogP contribution in [0.2, 0.25) is 0 Å². The van der Waals surface area contributed by atoms with E-state index in [4.69, 9.17) is 15.3 Å². The van der Waals surface area contributed by atoms with Crippen molar-refractivity contribution in [1.82, 2.24) is 29.1 Å². The summed E-state index contributed by atoms with van der Waals surface area (Å²) in [7, 11) is -0.361. The smallest absolute Gasteiger partial charge is 0.261 e. The lowest BCUT2D eigenvalue weighted by Gasteiger charge is -2.17. The van der Waals surface area contributed by atoms with Crippen LogP contribution >= 0.6 is 0 Å². The van der Waals surface area contributed by atoms with Crippen molar-refractivity contribution in [2.75, 3.05) is 0 Å². The maximum Gasteiger partial charge on any atom is 0.570 e. The van der Waals surface area contributed by atoms with Crippen LogP contribution in [0.25, 0.3) is 32.7 Å². The Balaban J connectivity index is 1.69. The molecule has 3 heterocycles. The van der Waals surface area contributed by atoms with Gasteiger partial charge in [0.2, 0.25) is 0 Å². The highest BCUT2D eigenvalue weighted by atomic mass is 15.4. The fourth-order valence-corrected chi connectivity index (χ4v) is 3.84. The van der Waals surface area contributed by atoms with Crippen molar-refractivity contribution < 1.29 is 0 Å². The predicted octanol–water partition coefficient (Wildman–Crippen LogP) is 3.67. The summed E-state index contributed by atoms with van der Waals surface area (Å²) < 4.78 is 5.94. The van der Waals surface area contributed by atoms with E-state index in [1.807, 2.05) is 68.8 Å². The van der Waals surface area contributed by atoms with E-state index in [0.29, 0.717) is 0 Å². The minimum Gasteiger partial charge on any atom is -0.261 e. The number of fused-ring (bicyclic) bond motifs is 3. The van der Waals surface area contributed by atoms with Crippen LogP contribution in [0.1, 0.15) is 0 Å². The molecule has 0 aliphatic carbocycles. The van der Waals surface area contributed by atoms with Crippen molar-refractivity contribution in [2.45, 2.75) is 0 Å². The summed E-state index contributed by atoms with van der Waals surface area (Å²) in [5.74, 6) is 0. The quantitative estimate of drug-likeness (QED) is 0.452. The fourth-order valence-electron chi connectivity index (χ4n) is 3.84. The zero-order valence-electron chi connectivity index (χ0n) is 14.9. The number of hydrogen-bond donors (Lipinski definition) is 0. The second-order valence-electron chi connectivity index (χ2n) is 6.79. The van der Waals surface area contributed by atoms with Gasteiger partial charge in [0.1, 0.15) is 0 Å². The van der Waals surface area contributed by atoms with Crippen LogP contribution in [0.5, 0.6) is 0 Å². The molecule has 0 fully saturated rings. The Bertz CT molecular complexity index is 1270. The Morgan fingerprint density at radius 1 is 0.464 bits per heavy atom. The summed E-state index contributed by atoms with van der Waals surface area (Å²) in [5.41, 5.74) is 3.10. The summed E-state index contributed by atoms with van der Waals surface area (Å²) in [6.45, 7) is 0. The van der Waals surface area contributed by atoms with E-state index in [0.717, 1.165) is 32.7 Å². The topological polar surface area (TPSA) is 53.5 Å². The van der Waals surface area contributed by atoms with Gasteiger partial charge in [-0.15, -0.1) is 0 Å². The highest BCUT2D eigenvalue weighted by Crippen LogP contribution is 2.21. The second kappa shape index (κ2) is 5.82. The summed E-state index contributed by atoms with van der Waals surface area (Å²) in [5, 5.41) is 17.4. The third-order valence-electron chi connectivity index (χ3n) is 5.17. The first-order valence-electron chi connectivity index (χ1n) is 9.17. The number of rotatable bonds is 3. The van der Waals surface area contributed by atoms with Gasteiger partial charge in [-0.3, -0.25) is 13.8 Å². The molecule has 0 N–H and O–H groups in total. The van der Waals surface area contributed by atoms with E-state index in [9.17, 15) is 0 Å². The van der Waals surface area contributed by atoms with Crippen LogP contribution in [0, 0.1) is 0 Å². The van der Waals surface area contributed by atoms with Crippen LogP contribution in [0.15, 0.2) is 91.4 Å². The monoisotopic (exact) mass is 362 g/mol. The molecule has 0 saturated heterocycles. The van der Waals surface area contributed by atoms with Gasteiger partial charge in [0, 0.05) is 16.2 Å². The molecule has 28 heavy (non-hydrogen) atoms. The second-order valence-corrected chi connectivity index (χ2v) is 6.79. The van der Waals surface area contributed by atoms with Gasteiger partial charge in [-0.05, 0) is 18.2 Å². The third kappa shape index (κ3) is 2.13. The number of para-hydroxylation sites is 3. The summed E-state index contributed by atoms with van der Waals surface area (Å²) >= 11 is 0. The molecule has 6 rings (SSSR count). The molecule has 0 aliphatic heterocycles. The Hall–Kier alpha value is -3.87. The lowest BCUT2D eigenvalue weighted by atomic mass is 9.93. The average molecular weight is 362 g/mol. The molecule has 0 unspecified atom stereocenters. The Kier molecular flexibility index (Phi) is 3.16. The van der Waals surface area contributed by atoms with Gasteiger partial charge in [0.25, 0.3) is 0 Å². The van der Waals surface area contributed by atoms with E-state index >= 15 is 0 Å². The third-order valence-corrected chi connectivity index (χ3v) is 5.17. The number of nitrogens with zero attached hydrogens (tertiary/aromatic N) is 6. The molecule has 0 amide bonds. The highest BCUT2D eigenvalue weighted by molar-refractivity contribution is 6.56. The first kappa shape index (κ1) is 15.2. The lowest BCUT2D eigenvalue weighted by molar-refractivity contribution is 0.805. The maximum atomic E-state index is 4.72. The largest absolute Gasteiger partial charge is 0.570 e. The van der Waals surface area contributed by atoms with E-state index in [2.05, 4.69) is 36.4 Å². The normalized spacial score (nSPS) is 11.6. The van der Waals surface area contributed by atoms with Gasteiger partial charge in [0.05, 0.1) is 35.1 Å². The van der Waals surface area contributed by atoms with Crippen LogP contribution in [0.3, 0.4) is 0 Å². The summed E-state index contributed by atoms with van der Waals surface area (Å²) in [6, 6.07) is 24.6. The molecule has 0 radical (unpaired) electrons. The molecule has 0 spiro atoms. The Morgan fingerprint density at radius 3 is 1.14 bits per heavy atom. The van der Waals surface area contributed by atoms with Gasteiger partial charge in [0.15, 0.2) is 0 Å². The van der Waals surface area contributed by atoms with Crippen molar-refractivity contribution in [1.29, 1.82) is 0 Å². The molecule has 0 saturated carbocycles. The van der Waals surface area contributed by atoms with Gasteiger partial charge in [-0.2, -0.15) is 15.3 Å². The number of aromatic nitrogens is 6. The zero-order chi connectivity index (χ0) is 18.5. The molecule has 0 bridgehead atoms. The lowest BCUT2D eigenvalue weighted by Crippen LogP contribution is -2.43. The Morgan fingerprint density at radius 2 is 0.786 bits per heavy atom. The number of hydrogen-bond acceptors (Lipinski definition) is 3. The van der Waals surface area contributed by atoms with Crippen molar-refractivity contribution in [3.63, 3.8) is 0 Å². The van der Waals surface area contributed by atoms with Crippen molar-refractivity contribution in [3.05, 3.63) is 91.4 Å². The van der Waals surface area contributed by atoms with E-state index in [-0.39, 0.29) is 7.12 Å². The summed E-state index contributed by atoms with van der Waals surface area (Å²) in [4.78, 5) is 0. The standard InChI is InChI=1S/C21H15BN6/c1-4-10-19-16(7-1)13-23-26(19)22(27-20-11-5-2-8-17(20)14-24-27)28-21-12-6-3-9-18(21)15-25-28/h1-15H. The SMILES string of the molecule is c1ccc2c(c1)cnn2B(n1ncc2ccccc21)n1ncc2ccccc21. The molecule has 132 valence electrons. The predicted molar refractivity (Wildman–Crippen MR) is 111 cm³/mol. The molecular formula is C21H15BN6. The zero-order valence-corrected chi connectivity index (χ0v) is 14.9. The molecule has 6 nitrogen and oxygen atoms in total. The molecule has 3 aromatic heterocycles. The molecular weight excluding hydrogens is 347 g/mol. The minimum atomic E-state index is -0.361.